The summed E-state index contributed by atoms with van der Waals surface area (Å²) in [4.78, 5) is 15.1. The Hall–Kier alpha value is -1.81. The molecule has 4 nitrogen and oxygen atoms in total. The maximum absolute atomic E-state index is 11.4. The van der Waals surface area contributed by atoms with E-state index in [1.54, 1.807) is 12.3 Å². The Morgan fingerprint density at radius 2 is 2.25 bits per heavy atom. The van der Waals surface area contributed by atoms with Crippen molar-refractivity contribution in [3.05, 3.63) is 57.7 Å². The molecule has 2 aromatic rings. The van der Waals surface area contributed by atoms with Gasteiger partial charge in [-0.3, -0.25) is 4.57 Å². The molecule has 16 heavy (non-hydrogen) atoms. The lowest BCUT2D eigenvalue weighted by Crippen LogP contribution is -2.22. The van der Waals surface area contributed by atoms with Gasteiger partial charge < -0.3 is 5.73 Å². The Morgan fingerprint density at radius 1 is 1.44 bits per heavy atom. The largest absolute Gasteiger partial charge is 0.399 e. The summed E-state index contributed by atoms with van der Waals surface area (Å²) in [5, 5.41) is 0.434. The zero-order chi connectivity index (χ0) is 11.5. The summed E-state index contributed by atoms with van der Waals surface area (Å²) in [5.74, 6) is 0. The van der Waals surface area contributed by atoms with Gasteiger partial charge in [-0.15, -0.1) is 0 Å². The number of nitrogens with two attached hydrogens (primary N) is 1. The Bertz CT molecular complexity index is 565. The van der Waals surface area contributed by atoms with E-state index in [1.807, 2.05) is 18.2 Å². The molecule has 0 spiro atoms. The fourth-order valence-corrected chi connectivity index (χ4v) is 1.60. The SMILES string of the molecule is Nc1cccc(Cn2cc(Cl)cnc2=O)c1. The van der Waals surface area contributed by atoms with Crippen molar-refractivity contribution in [3.63, 3.8) is 0 Å². The number of anilines is 1. The molecule has 0 aliphatic carbocycles. The summed E-state index contributed by atoms with van der Waals surface area (Å²) in [6.07, 6.45) is 2.89. The Balaban J connectivity index is 2.34. The number of hydrogen-bond acceptors (Lipinski definition) is 3. The van der Waals surface area contributed by atoms with Crippen LogP contribution in [-0.4, -0.2) is 9.55 Å². The quantitative estimate of drug-likeness (QED) is 0.803. The second-order valence-electron chi connectivity index (χ2n) is 3.43. The van der Waals surface area contributed by atoms with Crippen LogP contribution in [0.3, 0.4) is 0 Å². The van der Waals surface area contributed by atoms with Gasteiger partial charge in [-0.1, -0.05) is 23.7 Å². The molecule has 0 aliphatic rings. The first-order chi connectivity index (χ1) is 7.65. The van der Waals surface area contributed by atoms with E-state index < -0.39 is 0 Å². The Kier molecular flexibility index (Phi) is 2.92. The third kappa shape index (κ3) is 2.41. The van der Waals surface area contributed by atoms with Crippen LogP contribution in [0.15, 0.2) is 41.5 Å². The fourth-order valence-electron chi connectivity index (χ4n) is 1.43. The zero-order valence-corrected chi connectivity index (χ0v) is 9.19. The van der Waals surface area contributed by atoms with Gasteiger partial charge in [-0.05, 0) is 17.7 Å². The van der Waals surface area contributed by atoms with E-state index in [-0.39, 0.29) is 5.69 Å². The van der Waals surface area contributed by atoms with Crippen molar-refractivity contribution in [2.24, 2.45) is 0 Å². The third-order valence-corrected chi connectivity index (χ3v) is 2.32. The van der Waals surface area contributed by atoms with Gasteiger partial charge in [0.1, 0.15) is 0 Å². The fraction of sp³-hybridized carbons (Fsp3) is 0.0909. The van der Waals surface area contributed by atoms with Crippen LogP contribution < -0.4 is 11.4 Å². The highest BCUT2D eigenvalue weighted by molar-refractivity contribution is 6.30. The van der Waals surface area contributed by atoms with Crippen molar-refractivity contribution in [1.82, 2.24) is 9.55 Å². The molecular formula is C11H10ClN3O. The third-order valence-electron chi connectivity index (χ3n) is 2.13. The van der Waals surface area contributed by atoms with E-state index >= 15 is 0 Å². The molecule has 0 fully saturated rings. The number of halogens is 1. The van der Waals surface area contributed by atoms with Crippen LogP contribution in [-0.2, 0) is 6.54 Å². The molecule has 5 heteroatoms. The van der Waals surface area contributed by atoms with E-state index in [0.29, 0.717) is 17.3 Å². The van der Waals surface area contributed by atoms with Gasteiger partial charge in [-0.25, -0.2) is 9.78 Å². The van der Waals surface area contributed by atoms with Crippen molar-refractivity contribution in [2.45, 2.75) is 6.54 Å². The molecular weight excluding hydrogens is 226 g/mol. The summed E-state index contributed by atoms with van der Waals surface area (Å²) in [7, 11) is 0. The number of benzene rings is 1. The van der Waals surface area contributed by atoms with Gasteiger partial charge in [0.05, 0.1) is 17.8 Å². The molecule has 0 bridgehead atoms. The van der Waals surface area contributed by atoms with Crippen LogP contribution in [0, 0.1) is 0 Å². The topological polar surface area (TPSA) is 60.9 Å². The molecule has 0 amide bonds. The first kappa shape index (κ1) is 10.7. The first-order valence-corrected chi connectivity index (χ1v) is 5.09. The van der Waals surface area contributed by atoms with Gasteiger partial charge in [-0.2, -0.15) is 0 Å². The van der Waals surface area contributed by atoms with Gasteiger partial charge in [0, 0.05) is 11.9 Å². The average Bonchev–Trinajstić information content (AvgIpc) is 2.24. The number of hydrogen-bond donors (Lipinski definition) is 1. The van der Waals surface area contributed by atoms with Crippen molar-refractivity contribution < 1.29 is 0 Å². The van der Waals surface area contributed by atoms with Gasteiger partial charge in [0.2, 0.25) is 0 Å². The number of nitrogens with zero attached hydrogens (tertiary/aromatic N) is 2. The van der Waals surface area contributed by atoms with Crippen molar-refractivity contribution >= 4 is 17.3 Å². The van der Waals surface area contributed by atoms with Gasteiger partial charge in [0.25, 0.3) is 0 Å². The normalized spacial score (nSPS) is 10.3. The van der Waals surface area contributed by atoms with Crippen molar-refractivity contribution in [1.29, 1.82) is 0 Å². The molecule has 0 atom stereocenters. The molecule has 0 unspecified atom stereocenters. The van der Waals surface area contributed by atoms with Gasteiger partial charge >= 0.3 is 5.69 Å². The zero-order valence-electron chi connectivity index (χ0n) is 8.43. The summed E-state index contributed by atoms with van der Waals surface area (Å²) in [6, 6.07) is 7.34. The van der Waals surface area contributed by atoms with Crippen LogP contribution in [0.1, 0.15) is 5.56 Å². The average molecular weight is 236 g/mol. The lowest BCUT2D eigenvalue weighted by atomic mass is 10.2. The van der Waals surface area contributed by atoms with Crippen molar-refractivity contribution in [2.75, 3.05) is 5.73 Å². The van der Waals surface area contributed by atoms with Gasteiger partial charge in [0.15, 0.2) is 0 Å². The van der Waals surface area contributed by atoms with Crippen LogP contribution in [0.25, 0.3) is 0 Å². The summed E-state index contributed by atoms with van der Waals surface area (Å²) >= 11 is 5.77. The van der Waals surface area contributed by atoms with E-state index in [4.69, 9.17) is 17.3 Å². The van der Waals surface area contributed by atoms with E-state index in [2.05, 4.69) is 4.98 Å². The summed E-state index contributed by atoms with van der Waals surface area (Å²) in [6.45, 7) is 0.414. The van der Waals surface area contributed by atoms with Crippen LogP contribution in [0.2, 0.25) is 5.02 Å². The van der Waals surface area contributed by atoms with Crippen LogP contribution in [0.4, 0.5) is 5.69 Å². The number of nitrogen functional groups attached to an aromatic ring is 1. The smallest absolute Gasteiger partial charge is 0.347 e. The second kappa shape index (κ2) is 4.37. The lowest BCUT2D eigenvalue weighted by molar-refractivity contribution is 0.727. The first-order valence-electron chi connectivity index (χ1n) is 4.71. The molecule has 1 aromatic carbocycles. The van der Waals surface area contributed by atoms with Crippen LogP contribution >= 0.6 is 11.6 Å². The monoisotopic (exact) mass is 235 g/mol. The molecule has 0 aliphatic heterocycles. The highest BCUT2D eigenvalue weighted by Crippen LogP contribution is 2.08. The number of rotatable bonds is 2. The minimum absolute atomic E-state index is 0.327. The highest BCUT2D eigenvalue weighted by atomic mass is 35.5. The lowest BCUT2D eigenvalue weighted by Gasteiger charge is -2.05. The maximum atomic E-state index is 11.4. The van der Waals surface area contributed by atoms with E-state index in [9.17, 15) is 4.79 Å². The van der Waals surface area contributed by atoms with Crippen molar-refractivity contribution in [3.8, 4) is 0 Å². The second-order valence-corrected chi connectivity index (χ2v) is 3.86. The van der Waals surface area contributed by atoms with E-state index in [0.717, 1.165) is 5.56 Å². The molecule has 2 rings (SSSR count). The molecule has 1 aromatic heterocycles. The molecule has 2 N–H and O–H groups in total. The molecule has 82 valence electrons. The summed E-state index contributed by atoms with van der Waals surface area (Å²) in [5.41, 5.74) is 6.93. The summed E-state index contributed by atoms with van der Waals surface area (Å²) < 4.78 is 1.44. The minimum Gasteiger partial charge on any atom is -0.399 e. The van der Waals surface area contributed by atoms with Crippen LogP contribution in [0.5, 0.6) is 0 Å². The minimum atomic E-state index is -0.327. The molecule has 1 heterocycles. The maximum Gasteiger partial charge on any atom is 0.347 e. The predicted octanol–water partition coefficient (Wildman–Crippen LogP) is 1.53. The predicted molar refractivity (Wildman–Crippen MR) is 63.5 cm³/mol. The highest BCUT2D eigenvalue weighted by Gasteiger charge is 2.00. The molecule has 0 saturated carbocycles. The molecule has 0 saturated heterocycles. The Morgan fingerprint density at radius 3 is 3.00 bits per heavy atom. The molecule has 0 radical (unpaired) electrons. The number of aromatic nitrogens is 2. The Labute approximate surface area is 97.3 Å². The standard InChI is InChI=1S/C11H10ClN3O/c12-9-5-14-11(16)15(7-9)6-8-2-1-3-10(13)4-8/h1-5,7H,6,13H2. The van der Waals surface area contributed by atoms with E-state index in [1.165, 1.54) is 10.8 Å².